The number of rotatable bonds is 4. The first-order valence-electron chi connectivity index (χ1n) is 8.80. The molecule has 28 heavy (non-hydrogen) atoms. The number of nitrogens with zero attached hydrogens (tertiary/aromatic N) is 3. The molecule has 5 rings (SSSR count). The molecule has 140 valence electrons. The average Bonchev–Trinajstić information content (AvgIpc) is 3.38. The summed E-state index contributed by atoms with van der Waals surface area (Å²) in [6.45, 7) is 0.415. The molecule has 1 aliphatic heterocycles. The normalized spacial score (nSPS) is 12.6. The molecular weight excluding hydrogens is 360 g/mol. The monoisotopic (exact) mass is 376 g/mol. The van der Waals surface area contributed by atoms with Gasteiger partial charge in [-0.2, -0.15) is 0 Å². The lowest BCUT2D eigenvalue weighted by molar-refractivity contribution is -0.121. The summed E-state index contributed by atoms with van der Waals surface area (Å²) >= 11 is 0. The number of hydrogen-bond acceptors (Lipinski definition) is 5. The Labute approximate surface area is 158 Å². The fourth-order valence-corrected chi connectivity index (χ4v) is 3.38. The van der Waals surface area contributed by atoms with Crippen LogP contribution in [-0.2, 0) is 17.9 Å². The summed E-state index contributed by atoms with van der Waals surface area (Å²) in [5, 5.41) is 2.84. The van der Waals surface area contributed by atoms with Crippen LogP contribution < -0.4 is 20.3 Å². The minimum Gasteiger partial charge on any atom is -0.454 e. The summed E-state index contributed by atoms with van der Waals surface area (Å²) in [4.78, 5) is 29.7. The Morgan fingerprint density at radius 1 is 1.11 bits per heavy atom. The van der Waals surface area contributed by atoms with E-state index in [1.807, 2.05) is 30.5 Å². The number of amides is 1. The van der Waals surface area contributed by atoms with Crippen LogP contribution in [0.15, 0.2) is 59.7 Å². The van der Waals surface area contributed by atoms with E-state index < -0.39 is 0 Å². The third kappa shape index (κ3) is 2.66. The number of pyridine rings is 1. The van der Waals surface area contributed by atoms with Crippen molar-refractivity contribution in [3.8, 4) is 11.5 Å². The van der Waals surface area contributed by atoms with Gasteiger partial charge in [0.2, 0.25) is 12.7 Å². The van der Waals surface area contributed by atoms with Crippen LogP contribution in [0.4, 0.5) is 0 Å². The van der Waals surface area contributed by atoms with Crippen molar-refractivity contribution in [2.24, 2.45) is 0 Å². The third-order valence-corrected chi connectivity index (χ3v) is 4.72. The van der Waals surface area contributed by atoms with Gasteiger partial charge in [0.1, 0.15) is 12.1 Å². The van der Waals surface area contributed by atoms with Crippen molar-refractivity contribution in [1.82, 2.24) is 19.3 Å². The van der Waals surface area contributed by atoms with Gasteiger partial charge in [-0.3, -0.25) is 14.2 Å². The molecule has 1 aromatic carbocycles. The predicted molar refractivity (Wildman–Crippen MR) is 101 cm³/mol. The minimum atomic E-state index is -0.275. The zero-order chi connectivity index (χ0) is 19.1. The summed E-state index contributed by atoms with van der Waals surface area (Å²) in [7, 11) is 0. The molecule has 0 saturated heterocycles. The van der Waals surface area contributed by atoms with Crippen molar-refractivity contribution in [3.05, 3.63) is 70.8 Å². The van der Waals surface area contributed by atoms with Crippen LogP contribution in [0.5, 0.6) is 11.5 Å². The molecule has 3 aromatic heterocycles. The Morgan fingerprint density at radius 2 is 1.96 bits per heavy atom. The highest BCUT2D eigenvalue weighted by molar-refractivity contribution is 5.80. The van der Waals surface area contributed by atoms with E-state index in [2.05, 4.69) is 10.3 Å². The first-order chi connectivity index (χ1) is 13.7. The summed E-state index contributed by atoms with van der Waals surface area (Å²) in [5.41, 5.74) is 2.37. The van der Waals surface area contributed by atoms with Crippen LogP contribution in [0, 0.1) is 0 Å². The Bertz CT molecular complexity index is 1270. The maximum atomic E-state index is 12.8. The van der Waals surface area contributed by atoms with Gasteiger partial charge in [0.15, 0.2) is 17.1 Å². The smallest absolute Gasteiger partial charge is 0.276 e. The summed E-state index contributed by atoms with van der Waals surface area (Å²) in [6, 6.07) is 12.7. The molecule has 0 spiro atoms. The van der Waals surface area contributed by atoms with Crippen molar-refractivity contribution >= 4 is 22.6 Å². The average molecular weight is 376 g/mol. The lowest BCUT2D eigenvalue weighted by atomic mass is 10.2. The summed E-state index contributed by atoms with van der Waals surface area (Å²) in [6.07, 6.45) is 3.42. The van der Waals surface area contributed by atoms with E-state index in [9.17, 15) is 9.59 Å². The number of hydrogen-bond donors (Lipinski definition) is 1. The Hall–Kier alpha value is -3.81. The van der Waals surface area contributed by atoms with Crippen LogP contribution in [0.3, 0.4) is 0 Å². The van der Waals surface area contributed by atoms with Gasteiger partial charge in [0.05, 0.1) is 5.52 Å². The first kappa shape index (κ1) is 16.4. The fraction of sp³-hybridized carbons (Fsp3) is 0.150. The lowest BCUT2D eigenvalue weighted by Gasteiger charge is -2.12. The van der Waals surface area contributed by atoms with Crippen LogP contribution in [-0.4, -0.2) is 26.7 Å². The Morgan fingerprint density at radius 3 is 2.89 bits per heavy atom. The van der Waals surface area contributed by atoms with E-state index in [-0.39, 0.29) is 24.8 Å². The zero-order valence-corrected chi connectivity index (χ0v) is 14.8. The predicted octanol–water partition coefficient (Wildman–Crippen LogP) is 1.69. The quantitative estimate of drug-likeness (QED) is 0.586. The summed E-state index contributed by atoms with van der Waals surface area (Å²) in [5.74, 6) is 1.08. The molecule has 1 N–H and O–H groups in total. The molecule has 4 aromatic rings. The molecule has 0 fully saturated rings. The molecule has 4 heterocycles. The standard InChI is InChI=1S/C20H16N4O4/c25-18(22-10-13-5-6-16-17(9-13)28-12-27-16)11-24-19-14(3-1-7-21-19)23-8-2-4-15(23)20(24)26/h1-9H,10-12H2,(H,22,25). The highest BCUT2D eigenvalue weighted by Crippen LogP contribution is 2.32. The van der Waals surface area contributed by atoms with Gasteiger partial charge >= 0.3 is 0 Å². The number of carbonyl (C=O) groups excluding carboxylic acids is 1. The Balaban J connectivity index is 1.41. The van der Waals surface area contributed by atoms with Crippen LogP contribution in [0.1, 0.15) is 5.56 Å². The fourth-order valence-electron chi connectivity index (χ4n) is 3.38. The molecule has 0 radical (unpaired) electrons. The maximum absolute atomic E-state index is 12.8. The largest absolute Gasteiger partial charge is 0.454 e. The van der Waals surface area contributed by atoms with Crippen LogP contribution in [0.2, 0.25) is 0 Å². The van der Waals surface area contributed by atoms with Crippen molar-refractivity contribution in [2.75, 3.05) is 6.79 Å². The molecule has 1 amide bonds. The van der Waals surface area contributed by atoms with Gasteiger partial charge in [0.25, 0.3) is 5.56 Å². The van der Waals surface area contributed by atoms with Gasteiger partial charge in [0, 0.05) is 18.9 Å². The molecule has 8 nitrogen and oxygen atoms in total. The molecule has 0 atom stereocenters. The number of nitrogens with one attached hydrogen (secondary N) is 1. The highest BCUT2D eigenvalue weighted by Gasteiger charge is 2.15. The number of aromatic nitrogens is 3. The van der Waals surface area contributed by atoms with E-state index in [0.29, 0.717) is 29.2 Å². The number of carbonyl (C=O) groups is 1. The van der Waals surface area contributed by atoms with Crippen molar-refractivity contribution in [1.29, 1.82) is 0 Å². The van der Waals surface area contributed by atoms with Gasteiger partial charge in [-0.05, 0) is 42.0 Å². The van der Waals surface area contributed by atoms with Gasteiger partial charge in [-0.25, -0.2) is 4.98 Å². The van der Waals surface area contributed by atoms with Crippen molar-refractivity contribution in [3.63, 3.8) is 0 Å². The number of ether oxygens (including phenoxy) is 2. The SMILES string of the molecule is O=C(Cn1c(=O)c2cccn2c2cccnc21)NCc1ccc2c(c1)OCO2. The molecule has 0 bridgehead atoms. The molecule has 0 aliphatic carbocycles. The lowest BCUT2D eigenvalue weighted by Crippen LogP contribution is -2.33. The second-order valence-electron chi connectivity index (χ2n) is 6.47. The number of fused-ring (bicyclic) bond motifs is 4. The first-order valence-corrected chi connectivity index (χ1v) is 8.80. The van der Waals surface area contributed by atoms with Crippen LogP contribution in [0.25, 0.3) is 16.7 Å². The number of benzene rings is 1. The van der Waals surface area contributed by atoms with E-state index in [1.54, 1.807) is 28.8 Å². The Kier molecular flexibility index (Phi) is 3.75. The molecule has 0 saturated carbocycles. The van der Waals surface area contributed by atoms with E-state index in [4.69, 9.17) is 9.47 Å². The second-order valence-corrected chi connectivity index (χ2v) is 6.47. The van der Waals surface area contributed by atoms with Gasteiger partial charge in [-0.1, -0.05) is 6.07 Å². The molecule has 8 heteroatoms. The van der Waals surface area contributed by atoms with E-state index in [1.165, 1.54) is 4.57 Å². The van der Waals surface area contributed by atoms with Crippen molar-refractivity contribution < 1.29 is 14.3 Å². The highest BCUT2D eigenvalue weighted by atomic mass is 16.7. The minimum absolute atomic E-state index is 0.113. The second kappa shape index (κ2) is 6.41. The molecule has 0 unspecified atom stereocenters. The zero-order valence-electron chi connectivity index (χ0n) is 14.8. The van der Waals surface area contributed by atoms with Gasteiger partial charge < -0.3 is 19.2 Å². The topological polar surface area (TPSA) is 86.9 Å². The van der Waals surface area contributed by atoms with E-state index in [0.717, 1.165) is 11.1 Å². The summed E-state index contributed by atoms with van der Waals surface area (Å²) < 4.78 is 13.8. The van der Waals surface area contributed by atoms with Crippen molar-refractivity contribution in [2.45, 2.75) is 13.1 Å². The molecular formula is C20H16N4O4. The maximum Gasteiger partial charge on any atom is 0.276 e. The van der Waals surface area contributed by atoms with E-state index >= 15 is 0 Å². The van der Waals surface area contributed by atoms with Crippen LogP contribution >= 0.6 is 0 Å². The molecule has 1 aliphatic rings. The van der Waals surface area contributed by atoms with Gasteiger partial charge in [-0.15, -0.1) is 0 Å². The third-order valence-electron chi connectivity index (χ3n) is 4.72.